The predicted molar refractivity (Wildman–Crippen MR) is 53.4 cm³/mol. The van der Waals surface area contributed by atoms with Crippen LogP contribution in [0.2, 0.25) is 0 Å². The highest BCUT2D eigenvalue weighted by molar-refractivity contribution is 4.78. The molecule has 0 bridgehead atoms. The van der Waals surface area contributed by atoms with Crippen LogP contribution in [0.3, 0.4) is 0 Å². The van der Waals surface area contributed by atoms with E-state index in [2.05, 4.69) is 31.1 Å². The number of hydrogen-bond acceptors (Lipinski definition) is 2. The van der Waals surface area contributed by atoms with Gasteiger partial charge in [-0.05, 0) is 19.9 Å². The van der Waals surface area contributed by atoms with Crippen molar-refractivity contribution in [1.82, 2.24) is 10.2 Å². The van der Waals surface area contributed by atoms with Crippen LogP contribution in [0.5, 0.6) is 0 Å². The molecule has 1 saturated carbocycles. The smallest absolute Gasteiger partial charge is 0.0107 e. The molecule has 2 heteroatoms. The molecular weight excluding hydrogens is 148 g/mol. The number of rotatable bonds is 5. The molecule has 72 valence electrons. The Morgan fingerprint density at radius 2 is 2.08 bits per heavy atom. The summed E-state index contributed by atoms with van der Waals surface area (Å²) in [7, 11) is 2.24. The molecule has 12 heavy (non-hydrogen) atoms. The molecule has 0 spiro atoms. The van der Waals surface area contributed by atoms with Crippen LogP contribution >= 0.6 is 0 Å². The first-order valence-electron chi connectivity index (χ1n) is 5.14. The second-order valence-corrected chi connectivity index (χ2v) is 4.17. The standard InChI is InChI=1S/C10H22N2/c1-9(2)11-7-8-12(3)10-5-4-6-10/h9-11H,4-8H2,1-3H3. The molecule has 1 aliphatic carbocycles. The molecular formula is C10H22N2. The first-order valence-corrected chi connectivity index (χ1v) is 5.14. The maximum absolute atomic E-state index is 3.44. The summed E-state index contributed by atoms with van der Waals surface area (Å²) in [5.41, 5.74) is 0. The predicted octanol–water partition coefficient (Wildman–Crippen LogP) is 1.47. The van der Waals surface area contributed by atoms with Gasteiger partial charge in [0, 0.05) is 25.2 Å². The van der Waals surface area contributed by atoms with Gasteiger partial charge in [-0.25, -0.2) is 0 Å². The third-order valence-corrected chi connectivity index (χ3v) is 2.72. The average Bonchev–Trinajstić information content (AvgIpc) is 1.81. The van der Waals surface area contributed by atoms with Crippen molar-refractivity contribution in [1.29, 1.82) is 0 Å². The summed E-state index contributed by atoms with van der Waals surface area (Å²) >= 11 is 0. The lowest BCUT2D eigenvalue weighted by atomic mass is 9.92. The molecule has 0 heterocycles. The number of nitrogens with zero attached hydrogens (tertiary/aromatic N) is 1. The maximum Gasteiger partial charge on any atom is 0.0107 e. The highest BCUT2D eigenvalue weighted by Gasteiger charge is 2.20. The molecule has 0 saturated heterocycles. The van der Waals surface area contributed by atoms with Crippen molar-refractivity contribution in [2.45, 2.75) is 45.2 Å². The van der Waals surface area contributed by atoms with Gasteiger partial charge in [0.15, 0.2) is 0 Å². The summed E-state index contributed by atoms with van der Waals surface area (Å²) in [5, 5.41) is 3.44. The van der Waals surface area contributed by atoms with E-state index in [4.69, 9.17) is 0 Å². The number of likely N-dealkylation sites (N-methyl/N-ethyl adjacent to an activating group) is 1. The molecule has 0 radical (unpaired) electrons. The summed E-state index contributed by atoms with van der Waals surface area (Å²) in [4.78, 5) is 2.49. The van der Waals surface area contributed by atoms with Gasteiger partial charge in [0.1, 0.15) is 0 Å². The van der Waals surface area contributed by atoms with Crippen LogP contribution in [-0.4, -0.2) is 37.1 Å². The minimum Gasteiger partial charge on any atom is -0.313 e. The Bertz CT molecular complexity index is 119. The normalized spacial score (nSPS) is 18.8. The van der Waals surface area contributed by atoms with Gasteiger partial charge >= 0.3 is 0 Å². The van der Waals surface area contributed by atoms with E-state index < -0.39 is 0 Å². The Kier molecular flexibility index (Phi) is 4.02. The zero-order valence-corrected chi connectivity index (χ0v) is 8.64. The molecule has 2 nitrogen and oxygen atoms in total. The van der Waals surface area contributed by atoms with Gasteiger partial charge in [-0.15, -0.1) is 0 Å². The average molecular weight is 170 g/mol. The van der Waals surface area contributed by atoms with Crippen LogP contribution in [0.15, 0.2) is 0 Å². The molecule has 1 rings (SSSR count). The fourth-order valence-corrected chi connectivity index (χ4v) is 1.54. The molecule has 1 N–H and O–H groups in total. The molecule has 0 amide bonds. The van der Waals surface area contributed by atoms with E-state index in [1.807, 2.05) is 0 Å². The Morgan fingerprint density at radius 3 is 2.50 bits per heavy atom. The summed E-state index contributed by atoms with van der Waals surface area (Å²) in [6, 6.07) is 1.51. The molecule has 0 unspecified atom stereocenters. The van der Waals surface area contributed by atoms with Crippen molar-refractivity contribution in [3.8, 4) is 0 Å². The molecule has 0 aromatic heterocycles. The monoisotopic (exact) mass is 170 g/mol. The van der Waals surface area contributed by atoms with Gasteiger partial charge in [0.2, 0.25) is 0 Å². The van der Waals surface area contributed by atoms with E-state index >= 15 is 0 Å². The topological polar surface area (TPSA) is 15.3 Å². The minimum absolute atomic E-state index is 0.625. The SMILES string of the molecule is CC(C)NCCN(C)C1CCC1. The molecule has 0 atom stereocenters. The van der Waals surface area contributed by atoms with Crippen molar-refractivity contribution in [2.24, 2.45) is 0 Å². The third kappa shape index (κ3) is 3.11. The Morgan fingerprint density at radius 1 is 1.42 bits per heavy atom. The van der Waals surface area contributed by atoms with Gasteiger partial charge in [0.25, 0.3) is 0 Å². The highest BCUT2D eigenvalue weighted by Crippen LogP contribution is 2.22. The number of hydrogen-bond donors (Lipinski definition) is 1. The van der Waals surface area contributed by atoms with E-state index in [1.54, 1.807) is 0 Å². The minimum atomic E-state index is 0.625. The maximum atomic E-state index is 3.44. The quantitative estimate of drug-likeness (QED) is 0.672. The van der Waals surface area contributed by atoms with Crippen LogP contribution in [0.25, 0.3) is 0 Å². The molecule has 0 aliphatic heterocycles. The van der Waals surface area contributed by atoms with Crippen molar-refractivity contribution in [2.75, 3.05) is 20.1 Å². The van der Waals surface area contributed by atoms with Crippen LogP contribution in [0.4, 0.5) is 0 Å². The first-order chi connectivity index (χ1) is 5.70. The lowest BCUT2D eigenvalue weighted by molar-refractivity contribution is 0.159. The van der Waals surface area contributed by atoms with E-state index in [-0.39, 0.29) is 0 Å². The van der Waals surface area contributed by atoms with Crippen molar-refractivity contribution >= 4 is 0 Å². The summed E-state index contributed by atoms with van der Waals surface area (Å²) < 4.78 is 0. The highest BCUT2D eigenvalue weighted by atomic mass is 15.1. The Labute approximate surface area is 76.3 Å². The third-order valence-electron chi connectivity index (χ3n) is 2.72. The van der Waals surface area contributed by atoms with Crippen LogP contribution in [0, 0.1) is 0 Å². The van der Waals surface area contributed by atoms with E-state index in [1.165, 1.54) is 25.8 Å². The van der Waals surface area contributed by atoms with Gasteiger partial charge < -0.3 is 10.2 Å². The summed E-state index contributed by atoms with van der Waals surface area (Å²) in [6.45, 7) is 6.72. The van der Waals surface area contributed by atoms with E-state index in [9.17, 15) is 0 Å². The van der Waals surface area contributed by atoms with E-state index in [0.717, 1.165) is 12.6 Å². The fraction of sp³-hybridized carbons (Fsp3) is 1.00. The zero-order chi connectivity index (χ0) is 8.97. The van der Waals surface area contributed by atoms with Gasteiger partial charge in [-0.2, -0.15) is 0 Å². The zero-order valence-electron chi connectivity index (χ0n) is 8.64. The van der Waals surface area contributed by atoms with Gasteiger partial charge in [-0.1, -0.05) is 20.3 Å². The van der Waals surface area contributed by atoms with Crippen molar-refractivity contribution in [3.05, 3.63) is 0 Å². The van der Waals surface area contributed by atoms with Gasteiger partial charge in [0.05, 0.1) is 0 Å². The van der Waals surface area contributed by atoms with Gasteiger partial charge in [-0.3, -0.25) is 0 Å². The Hall–Kier alpha value is -0.0800. The van der Waals surface area contributed by atoms with Crippen molar-refractivity contribution < 1.29 is 0 Å². The van der Waals surface area contributed by atoms with Crippen LogP contribution < -0.4 is 5.32 Å². The molecule has 1 aliphatic rings. The number of nitrogens with one attached hydrogen (secondary N) is 1. The van der Waals surface area contributed by atoms with Crippen LogP contribution in [-0.2, 0) is 0 Å². The summed E-state index contributed by atoms with van der Waals surface area (Å²) in [5.74, 6) is 0. The first kappa shape index (κ1) is 10.0. The Balaban J connectivity index is 1.98. The molecule has 0 aromatic rings. The largest absolute Gasteiger partial charge is 0.313 e. The summed E-state index contributed by atoms with van der Waals surface area (Å²) in [6.07, 6.45) is 4.27. The lowest BCUT2D eigenvalue weighted by Crippen LogP contribution is -2.41. The van der Waals surface area contributed by atoms with Crippen molar-refractivity contribution in [3.63, 3.8) is 0 Å². The fourth-order valence-electron chi connectivity index (χ4n) is 1.54. The molecule has 1 fully saturated rings. The van der Waals surface area contributed by atoms with E-state index in [0.29, 0.717) is 6.04 Å². The lowest BCUT2D eigenvalue weighted by Gasteiger charge is -2.34. The molecule has 0 aromatic carbocycles. The van der Waals surface area contributed by atoms with Crippen LogP contribution in [0.1, 0.15) is 33.1 Å². The second kappa shape index (κ2) is 4.83. The second-order valence-electron chi connectivity index (χ2n) is 4.17.